The first kappa shape index (κ1) is 46.9. The molecule has 79 heavy (non-hydrogen) atoms. The molecule has 3 heterocycles. The minimum atomic E-state index is -0.0288. The van der Waals surface area contributed by atoms with E-state index in [4.69, 9.17) is 0 Å². The highest BCUT2D eigenvalue weighted by atomic mass is 79.9. The van der Waals surface area contributed by atoms with Crippen LogP contribution in [0.5, 0.6) is 0 Å². The smallest absolute Gasteiger partial charge is 0.0547 e. The van der Waals surface area contributed by atoms with Crippen LogP contribution in [-0.2, 0) is 17.3 Å². The first-order valence-corrected chi connectivity index (χ1v) is 29.9. The lowest BCUT2D eigenvalue weighted by Gasteiger charge is -2.22. The van der Waals surface area contributed by atoms with Crippen LogP contribution in [0, 0.1) is 0 Å². The molecule has 3 aliphatic rings. The number of benzene rings is 12. The van der Waals surface area contributed by atoms with Gasteiger partial charge in [0.15, 0.2) is 0 Å². The average Bonchev–Trinajstić information content (AvgIpc) is 4.17. The number of nitrogens with zero attached hydrogens (tertiary/aromatic N) is 1. The van der Waals surface area contributed by atoms with Crippen molar-refractivity contribution in [2.45, 2.75) is 44.9 Å². The highest BCUT2D eigenvalue weighted by Gasteiger charge is 2.36. The molecule has 1 nitrogen and oxygen atoms in total. The van der Waals surface area contributed by atoms with Crippen LogP contribution in [0.3, 0.4) is 0 Å². The van der Waals surface area contributed by atoms with Crippen molar-refractivity contribution >= 4 is 122 Å². The Morgan fingerprint density at radius 3 is 1.53 bits per heavy atom. The van der Waals surface area contributed by atoms with Crippen molar-refractivity contribution in [3.05, 3.63) is 268 Å². The molecule has 0 atom stereocenters. The number of fused-ring (bicyclic) bond motifs is 22. The molecule has 0 aliphatic heterocycles. The van der Waals surface area contributed by atoms with E-state index in [-0.39, 0.29) is 10.8 Å². The summed E-state index contributed by atoms with van der Waals surface area (Å²) in [6, 6.07) is 85.4. The molecule has 0 amide bonds. The quantitative estimate of drug-likeness (QED) is 0.154. The van der Waals surface area contributed by atoms with Gasteiger partial charge in [0.05, 0.1) is 11.0 Å². The third kappa shape index (κ3) is 7.04. The molecule has 376 valence electrons. The van der Waals surface area contributed by atoms with E-state index >= 15 is 0 Å². The van der Waals surface area contributed by atoms with E-state index in [1.807, 2.05) is 22.7 Å². The van der Waals surface area contributed by atoms with Gasteiger partial charge in [0.2, 0.25) is 0 Å². The highest BCUT2D eigenvalue weighted by Crippen LogP contribution is 2.52. The Bertz CT molecular complexity index is 5080. The van der Waals surface area contributed by atoms with E-state index < -0.39 is 0 Å². The Labute approximate surface area is 475 Å². The number of hydrogen-bond acceptors (Lipinski definition) is 2. The molecule has 0 saturated carbocycles. The number of hydrogen-bond donors (Lipinski definition) is 0. The first-order valence-electron chi connectivity index (χ1n) is 27.5. The second kappa shape index (κ2) is 17.4. The molecule has 0 fully saturated rings. The predicted molar refractivity (Wildman–Crippen MR) is 346 cm³/mol. The molecule has 3 aromatic heterocycles. The number of thiophene rings is 2. The molecule has 0 bridgehead atoms. The zero-order chi connectivity index (χ0) is 52.9. The number of para-hydroxylation sites is 1. The van der Waals surface area contributed by atoms with Crippen molar-refractivity contribution in [3.63, 3.8) is 0 Å². The topological polar surface area (TPSA) is 4.93 Å². The molecule has 0 spiro atoms. The zero-order valence-electron chi connectivity index (χ0n) is 44.3. The Morgan fingerprint density at radius 2 is 0.861 bits per heavy atom. The van der Waals surface area contributed by atoms with E-state index in [0.29, 0.717) is 0 Å². The standard InChI is InChI=1S/C37H25NS.C23H14S.C15H13Br/c1-37(2)30-12-6-3-9-24(30)25-17-16-23(20-31(25)37)38-32-13-7-4-10-26(32)29-21-28-22(19-33(29)38)15-18-35-36(28)27-11-5-8-14-34(27)39-35;1-2-6-17-14(5-1)11-16-12-15-9-10-22-23(20(15)13-19(16)17)18-7-3-4-8-21(18)24-22;1-15(2)13-6-4-3-5-11(13)12-8-7-10(16)9-14(12)15/h3-21H,1-2H3;1-10,12-13H,11H2;3-9H,1-2H3. The number of rotatable bonds is 1. The highest BCUT2D eigenvalue weighted by molar-refractivity contribution is 9.10. The van der Waals surface area contributed by atoms with Crippen LogP contribution < -0.4 is 0 Å². The van der Waals surface area contributed by atoms with Gasteiger partial charge in [0, 0.05) is 72.1 Å². The second-order valence-corrected chi connectivity index (χ2v) is 25.9. The molecule has 4 heteroatoms. The Kier molecular flexibility index (Phi) is 10.4. The van der Waals surface area contributed by atoms with Gasteiger partial charge in [-0.05, 0) is 168 Å². The van der Waals surface area contributed by atoms with Gasteiger partial charge >= 0.3 is 0 Å². The zero-order valence-corrected chi connectivity index (χ0v) is 47.5. The molecule has 0 saturated heterocycles. The van der Waals surface area contributed by atoms with Crippen LogP contribution in [0.15, 0.2) is 235 Å². The van der Waals surface area contributed by atoms with Crippen molar-refractivity contribution in [1.29, 1.82) is 0 Å². The fourth-order valence-electron chi connectivity index (χ4n) is 14.0. The van der Waals surface area contributed by atoms with Gasteiger partial charge in [-0.2, -0.15) is 0 Å². The predicted octanol–water partition coefficient (Wildman–Crippen LogP) is 22.1. The third-order valence-electron chi connectivity index (χ3n) is 17.8. The molecule has 0 unspecified atom stereocenters. The summed E-state index contributed by atoms with van der Waals surface area (Å²) in [5, 5.41) is 13.5. The Hall–Kier alpha value is -8.12. The maximum atomic E-state index is 3.56. The van der Waals surface area contributed by atoms with Crippen LogP contribution in [-0.4, -0.2) is 4.57 Å². The lowest BCUT2D eigenvalue weighted by Crippen LogP contribution is -2.15. The van der Waals surface area contributed by atoms with Crippen molar-refractivity contribution in [2.75, 3.05) is 0 Å². The van der Waals surface area contributed by atoms with Gasteiger partial charge in [0.1, 0.15) is 0 Å². The van der Waals surface area contributed by atoms with E-state index in [1.165, 1.54) is 156 Å². The summed E-state index contributed by atoms with van der Waals surface area (Å²) in [6.07, 6.45) is 1.06. The molecular formula is C75H52BrNS2. The number of halogens is 1. The third-order valence-corrected chi connectivity index (χ3v) is 20.6. The minimum Gasteiger partial charge on any atom is -0.309 e. The van der Waals surface area contributed by atoms with Gasteiger partial charge < -0.3 is 4.57 Å². The summed E-state index contributed by atoms with van der Waals surface area (Å²) in [5.74, 6) is 0. The first-order chi connectivity index (χ1) is 38.6. The molecule has 15 aromatic rings. The maximum Gasteiger partial charge on any atom is 0.0547 e. The minimum absolute atomic E-state index is 0.0288. The van der Waals surface area contributed by atoms with E-state index in [2.05, 4.69) is 279 Å². The molecule has 0 radical (unpaired) electrons. The van der Waals surface area contributed by atoms with E-state index in [9.17, 15) is 0 Å². The average molecular weight is 1110 g/mol. The van der Waals surface area contributed by atoms with Gasteiger partial charge in [-0.15, -0.1) is 22.7 Å². The molecular weight excluding hydrogens is 1060 g/mol. The van der Waals surface area contributed by atoms with Crippen LogP contribution in [0.2, 0.25) is 0 Å². The monoisotopic (exact) mass is 1110 g/mol. The maximum absolute atomic E-state index is 3.56. The van der Waals surface area contributed by atoms with Gasteiger partial charge in [-0.25, -0.2) is 0 Å². The SMILES string of the molecule is CC1(C)c2ccccc2-c2ccc(-n3c4ccccc4c4cc5c(ccc6sc7ccccc7c65)cc43)cc21.CC1(C)c2ccccc2-c2ccc(Br)cc21.c1ccc2c(c1)Cc1cc3ccc4sc5ccccc5c4c3cc1-2. The lowest BCUT2D eigenvalue weighted by atomic mass is 9.82. The van der Waals surface area contributed by atoms with Crippen molar-refractivity contribution in [2.24, 2.45) is 0 Å². The van der Waals surface area contributed by atoms with Crippen molar-refractivity contribution < 1.29 is 0 Å². The van der Waals surface area contributed by atoms with E-state index in [1.54, 1.807) is 0 Å². The fraction of sp³-hybridized carbons (Fsp3) is 0.0933. The van der Waals surface area contributed by atoms with Crippen LogP contribution >= 0.6 is 38.6 Å². The summed E-state index contributed by atoms with van der Waals surface area (Å²) in [4.78, 5) is 0. The summed E-state index contributed by atoms with van der Waals surface area (Å²) in [6.45, 7) is 9.31. The van der Waals surface area contributed by atoms with Crippen LogP contribution in [0.25, 0.3) is 123 Å². The van der Waals surface area contributed by atoms with Crippen molar-refractivity contribution in [1.82, 2.24) is 4.57 Å². The summed E-state index contributed by atoms with van der Waals surface area (Å²) >= 11 is 7.35. The van der Waals surface area contributed by atoms with Crippen LogP contribution in [0.4, 0.5) is 0 Å². The molecule has 18 rings (SSSR count). The fourth-order valence-corrected chi connectivity index (χ4v) is 16.6. The van der Waals surface area contributed by atoms with Gasteiger partial charge in [-0.1, -0.05) is 201 Å². The molecule has 0 N–H and O–H groups in total. The molecule has 3 aliphatic carbocycles. The summed E-state index contributed by atoms with van der Waals surface area (Å²) < 4.78 is 9.10. The Balaban J connectivity index is 0.000000110. The largest absolute Gasteiger partial charge is 0.309 e. The summed E-state index contributed by atoms with van der Waals surface area (Å²) in [7, 11) is 0. The normalized spacial score (nSPS) is 14.0. The van der Waals surface area contributed by atoms with Crippen LogP contribution in [0.1, 0.15) is 61.1 Å². The number of aromatic nitrogens is 1. The second-order valence-electron chi connectivity index (χ2n) is 22.8. The molecule has 12 aromatic carbocycles. The van der Waals surface area contributed by atoms with Gasteiger partial charge in [-0.3, -0.25) is 0 Å². The van der Waals surface area contributed by atoms with E-state index in [0.717, 1.165) is 10.9 Å². The van der Waals surface area contributed by atoms with Crippen molar-refractivity contribution in [3.8, 4) is 39.1 Å². The summed E-state index contributed by atoms with van der Waals surface area (Å²) in [5.41, 5.74) is 20.7. The Morgan fingerprint density at radius 1 is 0.342 bits per heavy atom. The van der Waals surface area contributed by atoms with Gasteiger partial charge in [0.25, 0.3) is 0 Å². The lowest BCUT2D eigenvalue weighted by molar-refractivity contribution is 0.660.